The summed E-state index contributed by atoms with van der Waals surface area (Å²) in [6, 6.07) is 12.4. The Hall–Kier alpha value is -3.75. The predicted molar refractivity (Wildman–Crippen MR) is 182 cm³/mol. The van der Waals surface area contributed by atoms with E-state index in [1.165, 1.54) is 11.1 Å². The first kappa shape index (κ1) is 32.6. The number of rotatable bonds is 13. The number of aromatic nitrogens is 2. The summed E-state index contributed by atoms with van der Waals surface area (Å²) < 4.78 is 11.8. The Morgan fingerprint density at radius 3 is 2.76 bits per heavy atom. The van der Waals surface area contributed by atoms with Crippen molar-refractivity contribution in [2.24, 2.45) is 4.99 Å². The average Bonchev–Trinajstić information content (AvgIpc) is 3.74. The molecule has 4 heterocycles. The number of fused-ring (bicyclic) bond motifs is 1. The number of benzene rings is 1. The minimum absolute atomic E-state index is 0.0874. The fourth-order valence-electron chi connectivity index (χ4n) is 5.91. The second-order valence-corrected chi connectivity index (χ2v) is 12.4. The summed E-state index contributed by atoms with van der Waals surface area (Å²) in [5.41, 5.74) is 6.99. The van der Waals surface area contributed by atoms with Crippen molar-refractivity contribution in [3.8, 4) is 5.75 Å². The van der Waals surface area contributed by atoms with Crippen LogP contribution in [0.4, 0.5) is 0 Å². The molecule has 240 valence electrons. The van der Waals surface area contributed by atoms with Gasteiger partial charge in [0.25, 0.3) is 5.91 Å². The number of unbranched alkanes of at least 4 members (excludes halogenated alkanes) is 1. The SMILES string of the molecule is C/C=C\C(=NC(CCCC)=C(C)CCc1ccc2[nH]c(C(=O)N3CCN(C)CC3)cc2c1)c1cc(OCC2CCCO2)ccn1. The van der Waals surface area contributed by atoms with Crippen molar-refractivity contribution >= 4 is 22.5 Å². The Morgan fingerprint density at radius 1 is 1.16 bits per heavy atom. The van der Waals surface area contributed by atoms with Crippen molar-refractivity contribution in [2.45, 2.75) is 71.8 Å². The van der Waals surface area contributed by atoms with Gasteiger partial charge in [0, 0.05) is 61.6 Å². The van der Waals surface area contributed by atoms with Gasteiger partial charge >= 0.3 is 0 Å². The number of amides is 1. The molecule has 0 aliphatic carbocycles. The molecule has 0 spiro atoms. The van der Waals surface area contributed by atoms with E-state index >= 15 is 0 Å². The van der Waals surface area contributed by atoms with Crippen LogP contribution >= 0.6 is 0 Å². The number of carbonyl (C=O) groups is 1. The third kappa shape index (κ3) is 8.92. The maximum Gasteiger partial charge on any atom is 0.270 e. The van der Waals surface area contributed by atoms with E-state index in [-0.39, 0.29) is 12.0 Å². The maximum absolute atomic E-state index is 13.1. The molecule has 0 saturated carbocycles. The van der Waals surface area contributed by atoms with Crippen LogP contribution < -0.4 is 4.74 Å². The summed E-state index contributed by atoms with van der Waals surface area (Å²) in [4.78, 5) is 30.5. The molecule has 8 heteroatoms. The molecule has 1 unspecified atom stereocenters. The monoisotopic (exact) mass is 611 g/mol. The van der Waals surface area contributed by atoms with Crippen molar-refractivity contribution in [3.05, 3.63) is 83.0 Å². The molecule has 0 radical (unpaired) electrons. The van der Waals surface area contributed by atoms with E-state index in [0.717, 1.165) is 111 Å². The molecule has 3 aromatic rings. The molecule has 1 aromatic carbocycles. The number of hydrogen-bond donors (Lipinski definition) is 1. The highest BCUT2D eigenvalue weighted by molar-refractivity contribution is 6.08. The van der Waals surface area contributed by atoms with Crippen LogP contribution in [-0.4, -0.2) is 83.9 Å². The molecule has 5 rings (SSSR count). The molecule has 1 atom stereocenters. The van der Waals surface area contributed by atoms with E-state index < -0.39 is 0 Å². The van der Waals surface area contributed by atoms with Crippen molar-refractivity contribution in [2.75, 3.05) is 46.4 Å². The average molecular weight is 612 g/mol. The number of allylic oxidation sites excluding steroid dienone is 4. The topological polar surface area (TPSA) is 83.1 Å². The summed E-state index contributed by atoms with van der Waals surface area (Å²) in [6.07, 6.45) is 13.1. The zero-order valence-electron chi connectivity index (χ0n) is 27.5. The number of hydrogen-bond acceptors (Lipinski definition) is 6. The molecule has 2 aromatic heterocycles. The molecule has 2 aliphatic heterocycles. The number of likely N-dealkylation sites (N-methyl/N-ethyl adjacent to an activating group) is 1. The van der Waals surface area contributed by atoms with E-state index in [0.29, 0.717) is 12.3 Å². The van der Waals surface area contributed by atoms with Crippen molar-refractivity contribution < 1.29 is 14.3 Å². The van der Waals surface area contributed by atoms with Crippen LogP contribution in [0.1, 0.15) is 81.0 Å². The van der Waals surface area contributed by atoms with Gasteiger partial charge in [0.2, 0.25) is 0 Å². The number of pyridine rings is 1. The Kier molecular flexibility index (Phi) is 11.6. The lowest BCUT2D eigenvalue weighted by Crippen LogP contribution is -2.47. The van der Waals surface area contributed by atoms with Gasteiger partial charge in [0.1, 0.15) is 18.1 Å². The zero-order chi connectivity index (χ0) is 31.6. The van der Waals surface area contributed by atoms with E-state index in [9.17, 15) is 4.79 Å². The Labute approximate surface area is 268 Å². The largest absolute Gasteiger partial charge is 0.491 e. The lowest BCUT2D eigenvalue weighted by Gasteiger charge is -2.32. The van der Waals surface area contributed by atoms with Gasteiger partial charge in [-0.05, 0) is 95.3 Å². The summed E-state index contributed by atoms with van der Waals surface area (Å²) in [6.45, 7) is 11.2. The summed E-state index contributed by atoms with van der Waals surface area (Å²) in [7, 11) is 2.10. The fraction of sp³-hybridized carbons (Fsp3) is 0.486. The first-order valence-electron chi connectivity index (χ1n) is 16.6. The van der Waals surface area contributed by atoms with Gasteiger partial charge in [-0.2, -0.15) is 0 Å². The van der Waals surface area contributed by atoms with E-state index in [4.69, 9.17) is 14.5 Å². The Bertz CT molecular complexity index is 1520. The number of ether oxygens (including phenoxy) is 2. The summed E-state index contributed by atoms with van der Waals surface area (Å²) in [5.74, 6) is 0.876. The highest BCUT2D eigenvalue weighted by Crippen LogP contribution is 2.24. The quantitative estimate of drug-likeness (QED) is 0.211. The molecular weight excluding hydrogens is 562 g/mol. The molecule has 45 heavy (non-hydrogen) atoms. The number of carbonyl (C=O) groups excluding carboxylic acids is 1. The fourth-order valence-corrected chi connectivity index (χ4v) is 5.91. The van der Waals surface area contributed by atoms with E-state index in [1.54, 1.807) is 6.20 Å². The molecular formula is C37H49N5O3. The molecule has 1 N–H and O–H groups in total. The predicted octanol–water partition coefficient (Wildman–Crippen LogP) is 6.97. The van der Waals surface area contributed by atoms with Gasteiger partial charge in [-0.3, -0.25) is 14.8 Å². The van der Waals surface area contributed by atoms with Crippen molar-refractivity contribution in [1.29, 1.82) is 0 Å². The normalized spacial score (nSPS) is 18.6. The van der Waals surface area contributed by atoms with Gasteiger partial charge in [-0.25, -0.2) is 0 Å². The number of piperazine rings is 1. The lowest BCUT2D eigenvalue weighted by molar-refractivity contribution is 0.0659. The van der Waals surface area contributed by atoms with Crippen LogP contribution in [0.25, 0.3) is 10.9 Å². The number of nitrogens with one attached hydrogen (secondary N) is 1. The number of aliphatic imine (C=N–C) groups is 1. The highest BCUT2D eigenvalue weighted by Gasteiger charge is 2.22. The molecule has 2 fully saturated rings. The van der Waals surface area contributed by atoms with Crippen molar-refractivity contribution in [1.82, 2.24) is 19.8 Å². The minimum atomic E-state index is 0.0874. The molecule has 2 saturated heterocycles. The zero-order valence-corrected chi connectivity index (χ0v) is 27.5. The highest BCUT2D eigenvalue weighted by atomic mass is 16.5. The molecule has 2 aliphatic rings. The first-order valence-corrected chi connectivity index (χ1v) is 16.6. The van der Waals surface area contributed by atoms with Gasteiger partial charge in [0.15, 0.2) is 0 Å². The molecule has 1 amide bonds. The number of aryl methyl sites for hydroxylation is 1. The third-order valence-electron chi connectivity index (χ3n) is 8.79. The van der Waals surface area contributed by atoms with Crippen LogP contribution in [0.5, 0.6) is 5.75 Å². The lowest BCUT2D eigenvalue weighted by atomic mass is 10.0. The van der Waals surface area contributed by atoms with Crippen molar-refractivity contribution in [3.63, 3.8) is 0 Å². The first-order chi connectivity index (χ1) is 21.9. The Morgan fingerprint density at radius 2 is 2.00 bits per heavy atom. The van der Waals surface area contributed by atoms with E-state index in [1.807, 2.05) is 42.2 Å². The maximum atomic E-state index is 13.1. The van der Waals surface area contributed by atoms with Gasteiger partial charge in [0.05, 0.1) is 17.5 Å². The molecule has 0 bridgehead atoms. The van der Waals surface area contributed by atoms with Crippen LogP contribution in [0.2, 0.25) is 0 Å². The second kappa shape index (κ2) is 16.0. The van der Waals surface area contributed by atoms with Crippen LogP contribution in [-0.2, 0) is 11.2 Å². The molecule has 8 nitrogen and oxygen atoms in total. The van der Waals surface area contributed by atoms with Gasteiger partial charge in [-0.1, -0.05) is 31.1 Å². The summed E-state index contributed by atoms with van der Waals surface area (Å²) >= 11 is 0. The smallest absolute Gasteiger partial charge is 0.270 e. The minimum Gasteiger partial charge on any atom is -0.491 e. The second-order valence-electron chi connectivity index (χ2n) is 12.4. The number of aromatic amines is 1. The van der Waals surface area contributed by atoms with E-state index in [2.05, 4.69) is 54.0 Å². The van der Waals surface area contributed by atoms with Crippen LogP contribution in [0, 0.1) is 0 Å². The number of nitrogens with zero attached hydrogens (tertiary/aromatic N) is 4. The third-order valence-corrected chi connectivity index (χ3v) is 8.79. The van der Waals surface area contributed by atoms with Crippen LogP contribution in [0.15, 0.2) is 71.0 Å². The Balaban J connectivity index is 1.30. The standard InChI is InChI=1S/C37H49N5O3/c1-5-7-11-32(39-34(9-6-2)35-25-30(16-17-38-35)45-26-31-10-8-22-44-31)27(3)12-13-28-14-15-33-29(23-28)24-36(40-33)37(43)42-20-18-41(4)19-21-42/h6,9,14-17,23-25,31,40H,5,7-8,10-13,18-22,26H2,1-4H3/b9-6-,32-27?,39-34?. The van der Waals surface area contributed by atoms with Gasteiger partial charge < -0.3 is 24.3 Å². The van der Waals surface area contributed by atoms with Gasteiger partial charge in [-0.15, -0.1) is 0 Å². The summed E-state index contributed by atoms with van der Waals surface area (Å²) in [5, 5.41) is 1.08. The number of H-pyrrole nitrogens is 1. The van der Waals surface area contributed by atoms with Crippen LogP contribution in [0.3, 0.4) is 0 Å².